The van der Waals surface area contributed by atoms with E-state index in [4.69, 9.17) is 0 Å². The molecule has 29 heavy (non-hydrogen) atoms. The number of carbonyl (C=O) groups excluding carboxylic acids is 3. The number of esters is 1. The van der Waals surface area contributed by atoms with Crippen LogP contribution in [-0.4, -0.2) is 60.0 Å². The van der Waals surface area contributed by atoms with E-state index in [1.165, 1.54) is 17.0 Å². The van der Waals surface area contributed by atoms with Gasteiger partial charge < -0.3 is 14.5 Å². The number of carbonyl (C=O) groups is 3. The molecule has 0 spiro atoms. The second-order valence-corrected chi connectivity index (χ2v) is 7.76. The van der Waals surface area contributed by atoms with E-state index in [9.17, 15) is 31.9 Å². The number of piperazine rings is 1. The van der Waals surface area contributed by atoms with Crippen molar-refractivity contribution in [2.45, 2.75) is 33.0 Å². The molecule has 1 saturated heterocycles. The maximum absolute atomic E-state index is 13.3. The molecule has 1 aromatic carbocycles. The molecule has 10 heteroatoms. The molecular formula is C19H22F4N2O4. The van der Waals surface area contributed by atoms with Gasteiger partial charge in [-0.05, 0) is 17.7 Å². The first-order chi connectivity index (χ1) is 13.3. The molecular weight excluding hydrogens is 396 g/mol. The maximum Gasteiger partial charge on any atom is 0.422 e. The summed E-state index contributed by atoms with van der Waals surface area (Å²) in [4.78, 5) is 39.5. The van der Waals surface area contributed by atoms with Crippen molar-refractivity contribution in [3.63, 3.8) is 0 Å². The van der Waals surface area contributed by atoms with Crippen LogP contribution in [0.25, 0.3) is 0 Å². The Labute approximate surface area is 165 Å². The summed E-state index contributed by atoms with van der Waals surface area (Å²) < 4.78 is 54.2. The molecule has 0 saturated carbocycles. The molecule has 1 heterocycles. The third kappa shape index (κ3) is 5.91. The van der Waals surface area contributed by atoms with Crippen LogP contribution in [-0.2, 0) is 19.1 Å². The molecule has 0 bridgehead atoms. The Morgan fingerprint density at radius 3 is 2.17 bits per heavy atom. The lowest BCUT2D eigenvalue weighted by Gasteiger charge is -2.43. The van der Waals surface area contributed by atoms with Crippen LogP contribution in [0.3, 0.4) is 0 Å². The fourth-order valence-corrected chi connectivity index (χ4v) is 2.98. The van der Waals surface area contributed by atoms with Crippen LogP contribution in [0.4, 0.5) is 17.6 Å². The van der Waals surface area contributed by atoms with Crippen molar-refractivity contribution in [1.82, 2.24) is 9.80 Å². The number of halogens is 4. The number of alkyl halides is 3. The minimum Gasteiger partial charge on any atom is -0.449 e. The summed E-state index contributed by atoms with van der Waals surface area (Å²) in [5.41, 5.74) is -0.250. The van der Waals surface area contributed by atoms with Crippen molar-refractivity contribution >= 4 is 17.8 Å². The van der Waals surface area contributed by atoms with E-state index in [2.05, 4.69) is 4.74 Å². The van der Waals surface area contributed by atoms with Crippen LogP contribution in [0, 0.1) is 11.2 Å². The Hall–Kier alpha value is -2.65. The first-order valence-electron chi connectivity index (χ1n) is 8.89. The van der Waals surface area contributed by atoms with Crippen LogP contribution in [0.2, 0.25) is 0 Å². The Morgan fingerprint density at radius 2 is 1.66 bits per heavy atom. The Kier molecular flexibility index (Phi) is 6.54. The molecule has 1 unspecified atom stereocenters. The van der Waals surface area contributed by atoms with Gasteiger partial charge in [0.1, 0.15) is 5.82 Å². The van der Waals surface area contributed by atoms with E-state index >= 15 is 0 Å². The highest BCUT2D eigenvalue weighted by Crippen LogP contribution is 2.29. The van der Waals surface area contributed by atoms with E-state index < -0.39 is 41.9 Å². The third-order valence-corrected chi connectivity index (χ3v) is 4.37. The average Bonchev–Trinajstić information content (AvgIpc) is 2.63. The van der Waals surface area contributed by atoms with Gasteiger partial charge in [0.2, 0.25) is 5.91 Å². The monoisotopic (exact) mass is 418 g/mol. The number of rotatable bonds is 2. The maximum atomic E-state index is 13.3. The zero-order valence-corrected chi connectivity index (χ0v) is 16.3. The minimum atomic E-state index is -4.76. The minimum absolute atomic E-state index is 0.0139. The lowest BCUT2D eigenvalue weighted by Crippen LogP contribution is -2.55. The number of hydrogen-bond donors (Lipinski definition) is 0. The zero-order valence-electron chi connectivity index (χ0n) is 16.3. The number of benzene rings is 1. The van der Waals surface area contributed by atoms with E-state index in [1.54, 1.807) is 20.8 Å². The smallest absolute Gasteiger partial charge is 0.422 e. The first kappa shape index (κ1) is 22.6. The summed E-state index contributed by atoms with van der Waals surface area (Å²) in [5, 5.41) is 0. The average molecular weight is 418 g/mol. The van der Waals surface area contributed by atoms with E-state index in [0.717, 1.165) is 17.0 Å². The normalized spacial score (nSPS) is 17.8. The molecule has 1 aliphatic rings. The van der Waals surface area contributed by atoms with Gasteiger partial charge in [0.05, 0.1) is 6.04 Å². The summed E-state index contributed by atoms with van der Waals surface area (Å²) >= 11 is 0. The highest BCUT2D eigenvalue weighted by Gasteiger charge is 2.40. The molecule has 1 fully saturated rings. The van der Waals surface area contributed by atoms with Gasteiger partial charge in [-0.3, -0.25) is 9.59 Å². The Balaban J connectivity index is 2.25. The lowest BCUT2D eigenvalue weighted by molar-refractivity contribution is -0.190. The van der Waals surface area contributed by atoms with Crippen molar-refractivity contribution < 1.29 is 36.7 Å². The molecule has 0 aromatic heterocycles. The van der Waals surface area contributed by atoms with E-state index in [0.29, 0.717) is 5.56 Å². The van der Waals surface area contributed by atoms with Gasteiger partial charge >= 0.3 is 18.1 Å². The number of amides is 2. The fraction of sp³-hybridized carbons (Fsp3) is 0.526. The van der Waals surface area contributed by atoms with E-state index in [-0.39, 0.29) is 25.5 Å². The van der Waals surface area contributed by atoms with Crippen molar-refractivity contribution in [2.24, 2.45) is 5.41 Å². The summed E-state index contributed by atoms with van der Waals surface area (Å²) in [6.45, 7) is 3.36. The molecule has 0 radical (unpaired) electrons. The highest BCUT2D eigenvalue weighted by atomic mass is 19.4. The summed E-state index contributed by atoms with van der Waals surface area (Å²) in [6, 6.07) is 4.27. The summed E-state index contributed by atoms with van der Waals surface area (Å²) in [6.07, 6.45) is -4.76. The van der Waals surface area contributed by atoms with Gasteiger partial charge in [0, 0.05) is 25.0 Å². The van der Waals surface area contributed by atoms with Gasteiger partial charge in [0.15, 0.2) is 6.61 Å². The molecule has 2 rings (SSSR count). The van der Waals surface area contributed by atoms with Crippen LogP contribution in [0.5, 0.6) is 0 Å². The second-order valence-electron chi connectivity index (χ2n) is 7.76. The molecule has 160 valence electrons. The lowest BCUT2D eigenvalue weighted by atomic mass is 9.93. The fourth-order valence-electron chi connectivity index (χ4n) is 2.98. The molecule has 6 nitrogen and oxygen atoms in total. The molecule has 0 N–H and O–H groups in total. The molecule has 1 aliphatic heterocycles. The standard InChI is InChI=1S/C19H22F4N2O4/c1-18(2,3)17(28)24-8-9-25(15(26)16(27)29-11-19(21,22)23)14(10-24)12-4-6-13(20)7-5-12/h4-7,14H,8-11H2,1-3H3. The van der Waals surface area contributed by atoms with Gasteiger partial charge in [-0.15, -0.1) is 0 Å². The van der Waals surface area contributed by atoms with Gasteiger partial charge in [-0.2, -0.15) is 13.2 Å². The third-order valence-electron chi connectivity index (χ3n) is 4.37. The quantitative estimate of drug-likeness (QED) is 0.421. The number of nitrogens with zero attached hydrogens (tertiary/aromatic N) is 2. The molecule has 2 amide bonds. The zero-order chi connectivity index (χ0) is 22.0. The SMILES string of the molecule is CC(C)(C)C(=O)N1CCN(C(=O)C(=O)OCC(F)(F)F)C(c2ccc(F)cc2)C1. The van der Waals surface area contributed by atoms with Crippen LogP contribution in [0.15, 0.2) is 24.3 Å². The predicted octanol–water partition coefficient (Wildman–Crippen LogP) is 2.69. The van der Waals surface area contributed by atoms with Crippen molar-refractivity contribution in [3.05, 3.63) is 35.6 Å². The predicted molar refractivity (Wildman–Crippen MR) is 93.9 cm³/mol. The van der Waals surface area contributed by atoms with Gasteiger partial charge in [-0.1, -0.05) is 32.9 Å². The largest absolute Gasteiger partial charge is 0.449 e. The topological polar surface area (TPSA) is 66.9 Å². The summed E-state index contributed by atoms with van der Waals surface area (Å²) in [5.74, 6) is -3.58. The first-order valence-corrected chi connectivity index (χ1v) is 8.89. The van der Waals surface area contributed by atoms with Gasteiger partial charge in [-0.25, -0.2) is 9.18 Å². The van der Waals surface area contributed by atoms with Gasteiger partial charge in [0.25, 0.3) is 0 Å². The number of hydrogen-bond acceptors (Lipinski definition) is 4. The van der Waals surface area contributed by atoms with Crippen molar-refractivity contribution in [3.8, 4) is 0 Å². The van der Waals surface area contributed by atoms with Crippen molar-refractivity contribution in [1.29, 1.82) is 0 Å². The van der Waals surface area contributed by atoms with Crippen molar-refractivity contribution in [2.75, 3.05) is 26.2 Å². The van der Waals surface area contributed by atoms with E-state index in [1.807, 2.05) is 0 Å². The molecule has 1 atom stereocenters. The van der Waals surface area contributed by atoms with Crippen LogP contribution < -0.4 is 0 Å². The second kappa shape index (κ2) is 8.38. The summed E-state index contributed by atoms with van der Waals surface area (Å²) in [7, 11) is 0. The van der Waals surface area contributed by atoms with Crippen LogP contribution in [0.1, 0.15) is 32.4 Å². The Morgan fingerprint density at radius 1 is 1.07 bits per heavy atom. The highest BCUT2D eigenvalue weighted by molar-refractivity contribution is 6.32. The number of ether oxygens (including phenoxy) is 1. The molecule has 0 aliphatic carbocycles. The van der Waals surface area contributed by atoms with Crippen LogP contribution >= 0.6 is 0 Å². The Bertz CT molecular complexity index is 772. The molecule has 1 aromatic rings.